The van der Waals surface area contributed by atoms with Crippen molar-refractivity contribution in [3.63, 3.8) is 0 Å². The number of fused-ring (bicyclic) bond motifs is 1. The fraction of sp³-hybridized carbons (Fsp3) is 0.647. The van der Waals surface area contributed by atoms with E-state index >= 15 is 0 Å². The monoisotopic (exact) mass is 260 g/mol. The molecule has 19 heavy (non-hydrogen) atoms. The van der Waals surface area contributed by atoms with E-state index in [1.807, 2.05) is 0 Å². The van der Waals surface area contributed by atoms with Crippen LogP contribution in [0.5, 0.6) is 0 Å². The molecule has 1 unspecified atom stereocenters. The summed E-state index contributed by atoms with van der Waals surface area (Å²) >= 11 is 0. The highest BCUT2D eigenvalue weighted by atomic mass is 15.1. The molecule has 2 rings (SSSR count). The lowest BCUT2D eigenvalue weighted by Gasteiger charge is -2.21. The van der Waals surface area contributed by atoms with Gasteiger partial charge in [0.15, 0.2) is 0 Å². The van der Waals surface area contributed by atoms with E-state index < -0.39 is 0 Å². The summed E-state index contributed by atoms with van der Waals surface area (Å²) in [6.45, 7) is 12.4. The smallest absolute Gasteiger partial charge is 0.0399 e. The van der Waals surface area contributed by atoms with Gasteiger partial charge in [-0.2, -0.15) is 0 Å². The summed E-state index contributed by atoms with van der Waals surface area (Å²) < 4.78 is 0. The maximum absolute atomic E-state index is 3.49. The van der Waals surface area contributed by atoms with Crippen molar-refractivity contribution in [3.8, 4) is 0 Å². The van der Waals surface area contributed by atoms with E-state index in [0.29, 0.717) is 6.04 Å². The number of rotatable bonds is 6. The fourth-order valence-corrected chi connectivity index (χ4v) is 2.83. The summed E-state index contributed by atoms with van der Waals surface area (Å²) in [6.07, 6.45) is 2.50. The molecule has 1 aromatic rings. The Balaban J connectivity index is 2.07. The highest BCUT2D eigenvalue weighted by Crippen LogP contribution is 2.30. The second-order valence-corrected chi connectivity index (χ2v) is 6.09. The van der Waals surface area contributed by atoms with Gasteiger partial charge in [-0.15, -0.1) is 0 Å². The minimum Gasteiger partial charge on any atom is -0.371 e. The van der Waals surface area contributed by atoms with Crippen LogP contribution in [0.3, 0.4) is 0 Å². The Morgan fingerprint density at radius 1 is 1.26 bits per heavy atom. The van der Waals surface area contributed by atoms with Crippen LogP contribution in [0.15, 0.2) is 18.2 Å². The van der Waals surface area contributed by atoms with E-state index in [1.54, 1.807) is 0 Å². The van der Waals surface area contributed by atoms with Crippen molar-refractivity contribution in [1.29, 1.82) is 0 Å². The maximum atomic E-state index is 3.49. The van der Waals surface area contributed by atoms with Crippen molar-refractivity contribution in [2.45, 2.75) is 46.6 Å². The van der Waals surface area contributed by atoms with Crippen LogP contribution in [0.2, 0.25) is 0 Å². The first-order chi connectivity index (χ1) is 9.11. The highest BCUT2D eigenvalue weighted by molar-refractivity contribution is 5.59. The molecular weight excluding hydrogens is 232 g/mol. The molecule has 0 saturated carbocycles. The minimum atomic E-state index is 0.458. The molecule has 0 amide bonds. The van der Waals surface area contributed by atoms with Crippen molar-refractivity contribution in [2.24, 2.45) is 5.92 Å². The molecule has 106 valence electrons. The molecule has 1 N–H and O–H groups in total. The number of benzene rings is 1. The van der Waals surface area contributed by atoms with Crippen molar-refractivity contribution >= 4 is 5.69 Å². The van der Waals surface area contributed by atoms with Crippen molar-refractivity contribution in [2.75, 3.05) is 24.5 Å². The summed E-state index contributed by atoms with van der Waals surface area (Å²) in [5.74, 6) is 0.789. The molecule has 0 spiro atoms. The normalized spacial score (nSPS) is 15.9. The summed E-state index contributed by atoms with van der Waals surface area (Å²) in [7, 11) is 0. The van der Waals surface area contributed by atoms with Gasteiger partial charge >= 0.3 is 0 Å². The third-order valence-electron chi connectivity index (χ3n) is 4.08. The van der Waals surface area contributed by atoms with Crippen LogP contribution in [0.4, 0.5) is 5.69 Å². The van der Waals surface area contributed by atoms with Gasteiger partial charge in [-0.3, -0.25) is 0 Å². The highest BCUT2D eigenvalue weighted by Gasteiger charge is 2.19. The molecule has 0 bridgehead atoms. The van der Waals surface area contributed by atoms with Gasteiger partial charge in [0.25, 0.3) is 0 Å². The molecule has 0 saturated heterocycles. The Bertz CT molecular complexity index is 412. The van der Waals surface area contributed by atoms with Crippen LogP contribution < -0.4 is 10.2 Å². The fourth-order valence-electron chi connectivity index (χ4n) is 2.83. The molecule has 1 atom stereocenters. The standard InChI is InChI=1S/C17H28N2/c1-5-18-14(4)15-6-7-17-16(12-15)9-11-19(17)10-8-13(2)3/h6-7,12-14,18H,5,8-11H2,1-4H3. The molecule has 2 nitrogen and oxygen atoms in total. The van der Waals surface area contributed by atoms with E-state index in [1.165, 1.54) is 42.7 Å². The Morgan fingerprint density at radius 3 is 2.74 bits per heavy atom. The molecule has 0 fully saturated rings. The third-order valence-corrected chi connectivity index (χ3v) is 4.08. The summed E-state index contributed by atoms with van der Waals surface area (Å²) in [4.78, 5) is 2.55. The molecule has 0 aliphatic carbocycles. The van der Waals surface area contributed by atoms with Crippen LogP contribution in [0.1, 0.15) is 51.3 Å². The first-order valence-corrected chi connectivity index (χ1v) is 7.73. The zero-order valence-electron chi connectivity index (χ0n) is 12.9. The predicted molar refractivity (Wildman–Crippen MR) is 83.9 cm³/mol. The van der Waals surface area contributed by atoms with E-state index in [0.717, 1.165) is 12.5 Å². The molecule has 0 aromatic heterocycles. The van der Waals surface area contributed by atoms with Gasteiger partial charge in [-0.25, -0.2) is 0 Å². The molecule has 2 heteroatoms. The molecule has 1 heterocycles. The Labute approximate surface area is 118 Å². The first-order valence-electron chi connectivity index (χ1n) is 7.73. The van der Waals surface area contributed by atoms with Crippen molar-refractivity contribution in [3.05, 3.63) is 29.3 Å². The SMILES string of the molecule is CCNC(C)c1ccc2c(c1)CCN2CCC(C)C. The summed E-state index contributed by atoms with van der Waals surface area (Å²) in [6, 6.07) is 7.48. The largest absolute Gasteiger partial charge is 0.371 e. The van der Waals surface area contributed by atoms with Gasteiger partial charge < -0.3 is 10.2 Å². The van der Waals surface area contributed by atoms with Gasteiger partial charge in [0.05, 0.1) is 0 Å². The van der Waals surface area contributed by atoms with Crippen LogP contribution in [0.25, 0.3) is 0 Å². The molecular formula is C17H28N2. The number of hydrogen-bond donors (Lipinski definition) is 1. The Morgan fingerprint density at radius 2 is 2.05 bits per heavy atom. The number of anilines is 1. The second-order valence-electron chi connectivity index (χ2n) is 6.09. The van der Waals surface area contributed by atoms with Crippen LogP contribution in [0, 0.1) is 5.92 Å². The van der Waals surface area contributed by atoms with Crippen LogP contribution >= 0.6 is 0 Å². The first kappa shape index (κ1) is 14.4. The average molecular weight is 260 g/mol. The Kier molecular flexibility index (Phi) is 4.87. The molecule has 1 aliphatic heterocycles. The zero-order chi connectivity index (χ0) is 13.8. The van der Waals surface area contributed by atoms with Gasteiger partial charge in [-0.1, -0.05) is 32.9 Å². The lowest BCUT2D eigenvalue weighted by atomic mass is 10.0. The quantitative estimate of drug-likeness (QED) is 0.837. The number of nitrogens with one attached hydrogen (secondary N) is 1. The van der Waals surface area contributed by atoms with Gasteiger partial charge in [0.1, 0.15) is 0 Å². The maximum Gasteiger partial charge on any atom is 0.0399 e. The molecule has 1 aromatic carbocycles. The average Bonchev–Trinajstić information content (AvgIpc) is 2.78. The number of nitrogens with zero attached hydrogens (tertiary/aromatic N) is 1. The molecule has 0 radical (unpaired) electrons. The van der Waals surface area contributed by atoms with E-state index in [4.69, 9.17) is 0 Å². The van der Waals surface area contributed by atoms with Crippen molar-refractivity contribution < 1.29 is 0 Å². The van der Waals surface area contributed by atoms with E-state index in [9.17, 15) is 0 Å². The third kappa shape index (κ3) is 3.50. The van der Waals surface area contributed by atoms with Gasteiger partial charge in [-0.05, 0) is 49.4 Å². The second kappa shape index (κ2) is 6.42. The van der Waals surface area contributed by atoms with Crippen LogP contribution in [-0.4, -0.2) is 19.6 Å². The summed E-state index contributed by atoms with van der Waals surface area (Å²) in [5, 5.41) is 3.49. The Hall–Kier alpha value is -1.02. The summed E-state index contributed by atoms with van der Waals surface area (Å²) in [5.41, 5.74) is 4.42. The van der Waals surface area contributed by atoms with E-state index in [-0.39, 0.29) is 0 Å². The number of hydrogen-bond acceptors (Lipinski definition) is 2. The predicted octanol–water partition coefficient (Wildman–Crippen LogP) is 3.77. The lowest BCUT2D eigenvalue weighted by molar-refractivity contribution is 0.578. The topological polar surface area (TPSA) is 15.3 Å². The van der Waals surface area contributed by atoms with Gasteiger partial charge in [0.2, 0.25) is 0 Å². The lowest BCUT2D eigenvalue weighted by Crippen LogP contribution is -2.22. The zero-order valence-corrected chi connectivity index (χ0v) is 12.9. The minimum absolute atomic E-state index is 0.458. The van der Waals surface area contributed by atoms with Crippen molar-refractivity contribution in [1.82, 2.24) is 5.32 Å². The van der Waals surface area contributed by atoms with Gasteiger partial charge in [0, 0.05) is 24.8 Å². The van der Waals surface area contributed by atoms with E-state index in [2.05, 4.69) is 56.1 Å². The molecule has 1 aliphatic rings. The van der Waals surface area contributed by atoms with Crippen LogP contribution in [-0.2, 0) is 6.42 Å².